The van der Waals surface area contributed by atoms with Gasteiger partial charge in [-0.2, -0.15) is 0 Å². The number of carbonyl (C=O) groups excluding carboxylic acids is 1. The largest absolute Gasteiger partial charge is 0.475 e. The molecule has 0 aliphatic carbocycles. The summed E-state index contributed by atoms with van der Waals surface area (Å²) in [5.74, 6) is 0. The van der Waals surface area contributed by atoms with E-state index in [1.807, 2.05) is 0 Å². The molecule has 3 heteroatoms. The van der Waals surface area contributed by atoms with Gasteiger partial charge in [-0.05, 0) is 31.8 Å². The number of ether oxygens (including phenoxy) is 2. The SMILES string of the molecule is CCCOCOC=CCCCCCCCCCCC=O. The van der Waals surface area contributed by atoms with Gasteiger partial charge in [0.15, 0.2) is 6.79 Å². The molecular formula is C17H32O3. The van der Waals surface area contributed by atoms with Crippen molar-refractivity contribution in [3.8, 4) is 0 Å². The summed E-state index contributed by atoms with van der Waals surface area (Å²) in [5, 5.41) is 0. The second-order valence-corrected chi connectivity index (χ2v) is 5.14. The zero-order valence-electron chi connectivity index (χ0n) is 13.1. The first-order chi connectivity index (χ1) is 9.91. The van der Waals surface area contributed by atoms with Gasteiger partial charge in [0, 0.05) is 6.42 Å². The van der Waals surface area contributed by atoms with Crippen LogP contribution in [0.15, 0.2) is 12.3 Å². The van der Waals surface area contributed by atoms with E-state index in [9.17, 15) is 4.79 Å². The maximum Gasteiger partial charge on any atom is 0.188 e. The highest BCUT2D eigenvalue weighted by molar-refractivity contribution is 5.48. The van der Waals surface area contributed by atoms with Crippen LogP contribution < -0.4 is 0 Å². The number of aldehydes is 1. The molecule has 0 saturated carbocycles. The first kappa shape index (κ1) is 19.2. The van der Waals surface area contributed by atoms with Crippen LogP contribution in [0, 0.1) is 0 Å². The summed E-state index contributed by atoms with van der Waals surface area (Å²) in [6.07, 6.45) is 17.8. The van der Waals surface area contributed by atoms with E-state index < -0.39 is 0 Å². The first-order valence-electron chi connectivity index (χ1n) is 8.19. The molecule has 0 atom stereocenters. The molecule has 0 unspecified atom stereocenters. The highest BCUT2D eigenvalue weighted by Gasteiger charge is 1.92. The third-order valence-electron chi connectivity index (χ3n) is 3.14. The zero-order valence-corrected chi connectivity index (χ0v) is 13.1. The van der Waals surface area contributed by atoms with E-state index in [1.54, 1.807) is 6.26 Å². The maximum absolute atomic E-state index is 10.1. The number of carbonyl (C=O) groups is 1. The van der Waals surface area contributed by atoms with Crippen molar-refractivity contribution in [1.29, 1.82) is 0 Å². The van der Waals surface area contributed by atoms with Crippen molar-refractivity contribution in [2.45, 2.75) is 77.6 Å². The van der Waals surface area contributed by atoms with Crippen molar-refractivity contribution in [2.24, 2.45) is 0 Å². The van der Waals surface area contributed by atoms with Crippen LogP contribution in [0.3, 0.4) is 0 Å². The summed E-state index contributed by atoms with van der Waals surface area (Å²) >= 11 is 0. The molecule has 0 bridgehead atoms. The summed E-state index contributed by atoms with van der Waals surface area (Å²) in [5.41, 5.74) is 0. The van der Waals surface area contributed by atoms with E-state index in [2.05, 4.69) is 13.0 Å². The third-order valence-corrected chi connectivity index (χ3v) is 3.14. The van der Waals surface area contributed by atoms with Gasteiger partial charge in [-0.25, -0.2) is 0 Å². The standard InChI is InChI=1S/C17H32O3/c1-2-15-19-17-20-16-13-11-9-7-5-3-4-6-8-10-12-14-18/h13-14,16H,2-12,15,17H2,1H3. The quantitative estimate of drug-likeness (QED) is 0.173. The predicted molar refractivity (Wildman–Crippen MR) is 83.6 cm³/mol. The van der Waals surface area contributed by atoms with Crippen LogP contribution >= 0.6 is 0 Å². The lowest BCUT2D eigenvalue weighted by atomic mass is 10.1. The summed E-state index contributed by atoms with van der Waals surface area (Å²) in [7, 11) is 0. The minimum atomic E-state index is 0.369. The van der Waals surface area contributed by atoms with E-state index in [1.165, 1.54) is 44.9 Å². The Kier molecular flexibility index (Phi) is 17.4. The van der Waals surface area contributed by atoms with Crippen molar-refractivity contribution < 1.29 is 14.3 Å². The summed E-state index contributed by atoms with van der Waals surface area (Å²) < 4.78 is 10.4. The van der Waals surface area contributed by atoms with Crippen LogP contribution in [-0.4, -0.2) is 19.7 Å². The minimum Gasteiger partial charge on any atom is -0.475 e. The molecule has 20 heavy (non-hydrogen) atoms. The monoisotopic (exact) mass is 284 g/mol. The minimum absolute atomic E-state index is 0.369. The fraction of sp³-hybridized carbons (Fsp3) is 0.824. The van der Waals surface area contributed by atoms with Crippen LogP contribution in [0.5, 0.6) is 0 Å². The average Bonchev–Trinajstić information content (AvgIpc) is 2.47. The van der Waals surface area contributed by atoms with E-state index >= 15 is 0 Å². The highest BCUT2D eigenvalue weighted by atomic mass is 16.7. The predicted octanol–water partition coefficient (Wildman–Crippen LogP) is 5.00. The van der Waals surface area contributed by atoms with Gasteiger partial charge in [0.2, 0.25) is 0 Å². The van der Waals surface area contributed by atoms with Crippen LogP contribution in [0.4, 0.5) is 0 Å². The van der Waals surface area contributed by atoms with Crippen LogP contribution in [0.2, 0.25) is 0 Å². The number of allylic oxidation sites excluding steroid dienone is 1. The number of unbranched alkanes of at least 4 members (excludes halogenated alkanes) is 9. The Morgan fingerprint density at radius 1 is 0.850 bits per heavy atom. The van der Waals surface area contributed by atoms with Gasteiger partial charge >= 0.3 is 0 Å². The Hall–Kier alpha value is -0.830. The van der Waals surface area contributed by atoms with E-state index in [0.717, 1.165) is 38.6 Å². The molecule has 0 aromatic carbocycles. The molecule has 0 aliphatic heterocycles. The van der Waals surface area contributed by atoms with Crippen molar-refractivity contribution in [1.82, 2.24) is 0 Å². The van der Waals surface area contributed by atoms with Gasteiger partial charge in [-0.1, -0.05) is 45.4 Å². The van der Waals surface area contributed by atoms with Gasteiger partial charge in [0.05, 0.1) is 12.9 Å². The number of rotatable bonds is 16. The molecule has 0 fully saturated rings. The molecule has 3 nitrogen and oxygen atoms in total. The molecule has 0 saturated heterocycles. The Bertz CT molecular complexity index is 214. The molecular weight excluding hydrogens is 252 g/mol. The number of hydrogen-bond acceptors (Lipinski definition) is 3. The lowest BCUT2D eigenvalue weighted by Crippen LogP contribution is -1.96. The molecule has 0 rings (SSSR count). The fourth-order valence-corrected chi connectivity index (χ4v) is 1.98. The maximum atomic E-state index is 10.1. The van der Waals surface area contributed by atoms with Gasteiger partial charge in [-0.15, -0.1) is 0 Å². The van der Waals surface area contributed by atoms with Crippen LogP contribution in [-0.2, 0) is 14.3 Å². The van der Waals surface area contributed by atoms with Crippen LogP contribution in [0.1, 0.15) is 77.6 Å². The van der Waals surface area contributed by atoms with E-state index in [4.69, 9.17) is 9.47 Å². The van der Waals surface area contributed by atoms with Crippen molar-refractivity contribution >= 4 is 6.29 Å². The van der Waals surface area contributed by atoms with Crippen molar-refractivity contribution in [2.75, 3.05) is 13.4 Å². The highest BCUT2D eigenvalue weighted by Crippen LogP contribution is 2.10. The van der Waals surface area contributed by atoms with Crippen molar-refractivity contribution in [3.05, 3.63) is 12.3 Å². The Morgan fingerprint density at radius 3 is 2.05 bits per heavy atom. The Balaban J connectivity index is 3.01. The van der Waals surface area contributed by atoms with Crippen molar-refractivity contribution in [3.63, 3.8) is 0 Å². The second-order valence-electron chi connectivity index (χ2n) is 5.14. The topological polar surface area (TPSA) is 35.5 Å². The Morgan fingerprint density at radius 2 is 1.45 bits per heavy atom. The molecule has 0 radical (unpaired) electrons. The Labute approximate surface area is 124 Å². The van der Waals surface area contributed by atoms with Gasteiger partial charge < -0.3 is 14.3 Å². The second kappa shape index (κ2) is 18.2. The zero-order chi connectivity index (χ0) is 14.7. The summed E-state index contributed by atoms with van der Waals surface area (Å²) in [4.78, 5) is 10.1. The first-order valence-corrected chi connectivity index (χ1v) is 8.19. The normalized spacial score (nSPS) is 11.1. The van der Waals surface area contributed by atoms with E-state index in [-0.39, 0.29) is 0 Å². The smallest absolute Gasteiger partial charge is 0.188 e. The van der Waals surface area contributed by atoms with Gasteiger partial charge in [0.25, 0.3) is 0 Å². The van der Waals surface area contributed by atoms with Crippen LogP contribution in [0.25, 0.3) is 0 Å². The molecule has 0 spiro atoms. The molecule has 0 heterocycles. The van der Waals surface area contributed by atoms with Gasteiger partial charge in [0.1, 0.15) is 6.29 Å². The molecule has 118 valence electrons. The third kappa shape index (κ3) is 17.2. The van der Waals surface area contributed by atoms with E-state index in [0.29, 0.717) is 6.79 Å². The molecule has 0 aromatic heterocycles. The summed E-state index contributed by atoms with van der Waals surface area (Å²) in [6, 6.07) is 0. The lowest BCUT2D eigenvalue weighted by molar-refractivity contribution is -0.107. The fourth-order valence-electron chi connectivity index (χ4n) is 1.98. The lowest BCUT2D eigenvalue weighted by Gasteiger charge is -2.01. The number of hydrogen-bond donors (Lipinski definition) is 0. The molecule has 0 amide bonds. The molecule has 0 aliphatic rings. The molecule has 0 N–H and O–H groups in total. The average molecular weight is 284 g/mol. The summed E-state index contributed by atoms with van der Waals surface area (Å²) in [6.45, 7) is 3.22. The van der Waals surface area contributed by atoms with Gasteiger partial charge in [-0.3, -0.25) is 0 Å². The molecule has 0 aromatic rings.